The molecule has 0 bridgehead atoms. The molecule has 0 aliphatic carbocycles. The average molecular weight is 356 g/mol. The number of hydrogen-bond acceptors (Lipinski definition) is 1. The summed E-state index contributed by atoms with van der Waals surface area (Å²) in [6.07, 6.45) is 2.01. The first-order chi connectivity index (χ1) is 9.51. The Balaban J connectivity index is 2.11. The Labute approximate surface area is 134 Å². The van der Waals surface area contributed by atoms with Crippen molar-refractivity contribution in [1.29, 1.82) is 0 Å². The molecule has 108 valence electrons. The molecular weight excluding hydrogens is 336 g/mol. The van der Waals surface area contributed by atoms with Gasteiger partial charge in [0.25, 0.3) is 0 Å². The van der Waals surface area contributed by atoms with E-state index < -0.39 is 0 Å². The SMILES string of the molecule is Cc1ccc(CC(CBr)Cc2c(C)nn(C)c2Cl)cc1. The van der Waals surface area contributed by atoms with Crippen LogP contribution in [0.2, 0.25) is 5.15 Å². The predicted octanol–water partition coefficient (Wildman–Crippen LogP) is 4.49. The van der Waals surface area contributed by atoms with Gasteiger partial charge in [0.2, 0.25) is 0 Å². The minimum absolute atomic E-state index is 0.526. The molecule has 0 aliphatic heterocycles. The summed E-state index contributed by atoms with van der Waals surface area (Å²) in [5.74, 6) is 0.526. The Hall–Kier alpha value is -0.800. The van der Waals surface area contributed by atoms with Gasteiger partial charge in [-0.05, 0) is 38.2 Å². The van der Waals surface area contributed by atoms with E-state index in [-0.39, 0.29) is 0 Å². The normalized spacial score (nSPS) is 12.7. The van der Waals surface area contributed by atoms with E-state index >= 15 is 0 Å². The van der Waals surface area contributed by atoms with Gasteiger partial charge in [-0.3, -0.25) is 4.68 Å². The summed E-state index contributed by atoms with van der Waals surface area (Å²) in [5, 5.41) is 6.11. The lowest BCUT2D eigenvalue weighted by Gasteiger charge is -2.14. The monoisotopic (exact) mass is 354 g/mol. The molecule has 0 aliphatic rings. The van der Waals surface area contributed by atoms with Gasteiger partial charge >= 0.3 is 0 Å². The van der Waals surface area contributed by atoms with E-state index in [0.717, 1.165) is 29.0 Å². The van der Waals surface area contributed by atoms with Gasteiger partial charge in [0.1, 0.15) is 5.15 Å². The minimum atomic E-state index is 0.526. The number of alkyl halides is 1. The maximum Gasteiger partial charge on any atom is 0.130 e. The summed E-state index contributed by atoms with van der Waals surface area (Å²) in [6.45, 7) is 4.14. The Kier molecular flexibility index (Phi) is 5.28. The van der Waals surface area contributed by atoms with Crippen LogP contribution in [0.15, 0.2) is 24.3 Å². The highest BCUT2D eigenvalue weighted by atomic mass is 79.9. The molecule has 1 unspecified atom stereocenters. The van der Waals surface area contributed by atoms with Crippen molar-refractivity contribution < 1.29 is 0 Å². The van der Waals surface area contributed by atoms with Crippen LogP contribution in [0.3, 0.4) is 0 Å². The maximum absolute atomic E-state index is 6.32. The highest BCUT2D eigenvalue weighted by molar-refractivity contribution is 9.09. The van der Waals surface area contributed by atoms with Crippen molar-refractivity contribution in [1.82, 2.24) is 9.78 Å². The zero-order valence-corrected chi connectivity index (χ0v) is 14.5. The minimum Gasteiger partial charge on any atom is -0.257 e. The number of rotatable bonds is 5. The second kappa shape index (κ2) is 6.77. The zero-order valence-electron chi connectivity index (χ0n) is 12.2. The molecule has 2 rings (SSSR count). The fourth-order valence-corrected chi connectivity index (χ4v) is 3.14. The summed E-state index contributed by atoms with van der Waals surface area (Å²) in [6, 6.07) is 8.76. The summed E-state index contributed by atoms with van der Waals surface area (Å²) in [4.78, 5) is 0. The molecule has 2 aromatic rings. The fraction of sp³-hybridized carbons (Fsp3) is 0.438. The van der Waals surface area contributed by atoms with Crippen LogP contribution >= 0.6 is 27.5 Å². The van der Waals surface area contributed by atoms with Gasteiger partial charge in [-0.25, -0.2) is 0 Å². The molecule has 1 heterocycles. The summed E-state index contributed by atoms with van der Waals surface area (Å²) >= 11 is 9.95. The van der Waals surface area contributed by atoms with Gasteiger partial charge in [-0.2, -0.15) is 5.10 Å². The maximum atomic E-state index is 6.32. The number of aromatic nitrogens is 2. The lowest BCUT2D eigenvalue weighted by atomic mass is 9.94. The largest absolute Gasteiger partial charge is 0.257 e. The number of nitrogens with zero attached hydrogens (tertiary/aromatic N) is 2. The first kappa shape index (κ1) is 15.6. The highest BCUT2D eigenvalue weighted by Gasteiger charge is 2.17. The van der Waals surface area contributed by atoms with E-state index in [1.54, 1.807) is 4.68 Å². The molecule has 20 heavy (non-hydrogen) atoms. The summed E-state index contributed by atoms with van der Waals surface area (Å²) in [7, 11) is 1.89. The molecule has 0 saturated carbocycles. The predicted molar refractivity (Wildman–Crippen MR) is 88.8 cm³/mol. The molecule has 4 heteroatoms. The van der Waals surface area contributed by atoms with E-state index in [1.165, 1.54) is 16.7 Å². The molecule has 0 spiro atoms. The lowest BCUT2D eigenvalue weighted by molar-refractivity contribution is 0.589. The molecule has 2 nitrogen and oxygen atoms in total. The van der Waals surface area contributed by atoms with Crippen molar-refractivity contribution in [3.63, 3.8) is 0 Å². The standard InChI is InChI=1S/C16H20BrClN2/c1-11-4-6-13(7-5-11)8-14(10-17)9-15-12(2)19-20(3)16(15)18/h4-7,14H,8-10H2,1-3H3. The van der Waals surface area contributed by atoms with Gasteiger partial charge in [0, 0.05) is 17.9 Å². The van der Waals surface area contributed by atoms with Crippen LogP contribution in [0, 0.1) is 19.8 Å². The summed E-state index contributed by atoms with van der Waals surface area (Å²) < 4.78 is 1.75. The van der Waals surface area contributed by atoms with Crippen LogP contribution in [0.25, 0.3) is 0 Å². The molecule has 0 saturated heterocycles. The van der Waals surface area contributed by atoms with Gasteiger partial charge in [0.15, 0.2) is 0 Å². The number of halogens is 2. The Bertz CT molecular complexity index is 575. The summed E-state index contributed by atoms with van der Waals surface area (Å²) in [5.41, 5.74) is 4.88. The van der Waals surface area contributed by atoms with E-state index in [2.05, 4.69) is 52.2 Å². The smallest absolute Gasteiger partial charge is 0.130 e. The van der Waals surface area contributed by atoms with Crippen molar-refractivity contribution in [3.05, 3.63) is 51.8 Å². The molecule has 1 aromatic heterocycles. The van der Waals surface area contributed by atoms with Crippen molar-refractivity contribution >= 4 is 27.5 Å². The van der Waals surface area contributed by atoms with Gasteiger partial charge < -0.3 is 0 Å². The third-order valence-electron chi connectivity index (χ3n) is 3.63. The van der Waals surface area contributed by atoms with Crippen molar-refractivity contribution in [2.75, 3.05) is 5.33 Å². The quantitative estimate of drug-likeness (QED) is 0.723. The third kappa shape index (κ3) is 3.64. The van der Waals surface area contributed by atoms with Gasteiger partial charge in [-0.15, -0.1) is 0 Å². The Morgan fingerprint density at radius 2 is 1.85 bits per heavy atom. The van der Waals surface area contributed by atoms with E-state index in [4.69, 9.17) is 11.6 Å². The van der Waals surface area contributed by atoms with Crippen LogP contribution < -0.4 is 0 Å². The van der Waals surface area contributed by atoms with Crippen LogP contribution in [0.4, 0.5) is 0 Å². The van der Waals surface area contributed by atoms with Crippen molar-refractivity contribution in [2.45, 2.75) is 26.7 Å². The van der Waals surface area contributed by atoms with E-state index in [1.807, 2.05) is 14.0 Å². The van der Waals surface area contributed by atoms with E-state index in [9.17, 15) is 0 Å². The highest BCUT2D eigenvalue weighted by Crippen LogP contribution is 2.25. The molecule has 0 amide bonds. The van der Waals surface area contributed by atoms with Gasteiger partial charge in [-0.1, -0.05) is 57.4 Å². The number of aryl methyl sites for hydroxylation is 3. The molecular formula is C16H20BrClN2. The fourth-order valence-electron chi connectivity index (χ4n) is 2.43. The second-order valence-electron chi connectivity index (χ2n) is 5.39. The molecule has 0 N–H and O–H groups in total. The second-order valence-corrected chi connectivity index (χ2v) is 6.40. The zero-order chi connectivity index (χ0) is 14.7. The molecule has 1 aromatic carbocycles. The first-order valence-electron chi connectivity index (χ1n) is 6.80. The number of hydrogen-bond donors (Lipinski definition) is 0. The van der Waals surface area contributed by atoms with Gasteiger partial charge in [0.05, 0.1) is 5.69 Å². The average Bonchev–Trinajstić information content (AvgIpc) is 2.66. The third-order valence-corrected chi connectivity index (χ3v) is 5.01. The van der Waals surface area contributed by atoms with Crippen LogP contribution in [0.5, 0.6) is 0 Å². The Morgan fingerprint density at radius 3 is 2.35 bits per heavy atom. The topological polar surface area (TPSA) is 17.8 Å². The first-order valence-corrected chi connectivity index (χ1v) is 8.30. The van der Waals surface area contributed by atoms with Crippen molar-refractivity contribution in [3.8, 4) is 0 Å². The van der Waals surface area contributed by atoms with Crippen LogP contribution in [0.1, 0.15) is 22.4 Å². The van der Waals surface area contributed by atoms with Crippen molar-refractivity contribution in [2.24, 2.45) is 13.0 Å². The Morgan fingerprint density at radius 1 is 1.20 bits per heavy atom. The van der Waals surface area contributed by atoms with E-state index in [0.29, 0.717) is 5.92 Å². The lowest BCUT2D eigenvalue weighted by Crippen LogP contribution is -2.10. The molecule has 1 atom stereocenters. The van der Waals surface area contributed by atoms with Crippen LogP contribution in [-0.4, -0.2) is 15.1 Å². The molecule has 0 fully saturated rings. The number of benzene rings is 1. The van der Waals surface area contributed by atoms with Crippen LogP contribution in [-0.2, 0) is 19.9 Å². The molecule has 0 radical (unpaired) electrons.